The maximum atomic E-state index is 12.4. The predicted molar refractivity (Wildman–Crippen MR) is 99.4 cm³/mol. The maximum Gasteiger partial charge on any atom is 0.361 e. The third kappa shape index (κ3) is 4.51. The lowest BCUT2D eigenvalue weighted by molar-refractivity contribution is -0.123. The average molecular weight is 386 g/mol. The SMILES string of the molecule is Cc1oc(-c2ccccc2)nc1C(=O)O[C@@H](C)C(=O)Nc1ccc(Cl)cn1. The number of amides is 1. The van der Waals surface area contributed by atoms with Crippen molar-refractivity contribution in [2.75, 3.05) is 5.32 Å². The van der Waals surface area contributed by atoms with E-state index in [1.807, 2.05) is 30.3 Å². The number of hydrogen-bond acceptors (Lipinski definition) is 6. The Morgan fingerprint density at radius 2 is 1.93 bits per heavy atom. The van der Waals surface area contributed by atoms with Crippen LogP contribution in [-0.4, -0.2) is 27.9 Å². The van der Waals surface area contributed by atoms with Gasteiger partial charge in [-0.3, -0.25) is 4.79 Å². The van der Waals surface area contributed by atoms with Gasteiger partial charge in [0.25, 0.3) is 5.91 Å². The summed E-state index contributed by atoms with van der Waals surface area (Å²) >= 11 is 5.75. The molecule has 7 nitrogen and oxygen atoms in total. The number of halogens is 1. The molecule has 2 aromatic heterocycles. The summed E-state index contributed by atoms with van der Waals surface area (Å²) < 4.78 is 10.7. The molecule has 0 aliphatic carbocycles. The quantitative estimate of drug-likeness (QED) is 0.670. The van der Waals surface area contributed by atoms with Gasteiger partial charge in [-0.05, 0) is 38.1 Å². The fourth-order valence-electron chi connectivity index (χ4n) is 2.24. The van der Waals surface area contributed by atoms with Gasteiger partial charge in [0.15, 0.2) is 11.8 Å². The van der Waals surface area contributed by atoms with Crippen molar-refractivity contribution in [3.05, 3.63) is 65.1 Å². The zero-order chi connectivity index (χ0) is 19.4. The van der Waals surface area contributed by atoms with E-state index in [1.165, 1.54) is 13.1 Å². The van der Waals surface area contributed by atoms with Gasteiger partial charge in [0.05, 0.1) is 5.02 Å². The monoisotopic (exact) mass is 385 g/mol. The van der Waals surface area contributed by atoms with Crippen LogP contribution < -0.4 is 5.32 Å². The average Bonchev–Trinajstić information content (AvgIpc) is 3.06. The van der Waals surface area contributed by atoms with Crippen LogP contribution in [0, 0.1) is 6.92 Å². The second kappa shape index (κ2) is 8.01. The van der Waals surface area contributed by atoms with Gasteiger partial charge < -0.3 is 14.5 Å². The van der Waals surface area contributed by atoms with E-state index in [0.717, 1.165) is 5.56 Å². The Balaban J connectivity index is 1.67. The number of aryl methyl sites for hydroxylation is 1. The number of aromatic nitrogens is 2. The lowest BCUT2D eigenvalue weighted by atomic mass is 10.2. The number of esters is 1. The molecular weight excluding hydrogens is 370 g/mol. The number of benzene rings is 1. The zero-order valence-corrected chi connectivity index (χ0v) is 15.4. The molecule has 2 heterocycles. The molecule has 1 N–H and O–H groups in total. The number of nitrogens with zero attached hydrogens (tertiary/aromatic N) is 2. The van der Waals surface area contributed by atoms with Crippen molar-refractivity contribution in [3.8, 4) is 11.5 Å². The Kier molecular flexibility index (Phi) is 5.52. The van der Waals surface area contributed by atoms with E-state index in [4.69, 9.17) is 20.8 Å². The Morgan fingerprint density at radius 1 is 1.19 bits per heavy atom. The second-order valence-electron chi connectivity index (χ2n) is 5.69. The number of carbonyl (C=O) groups is 2. The van der Waals surface area contributed by atoms with Crippen molar-refractivity contribution in [1.29, 1.82) is 0 Å². The molecule has 0 bridgehead atoms. The standard InChI is InChI=1S/C19H16ClN3O4/c1-11-16(23-18(26-11)13-6-4-3-5-7-13)19(25)27-12(2)17(24)22-15-9-8-14(20)10-21-15/h3-10,12H,1-2H3,(H,21,22,24)/t12-/m0/s1. The number of anilines is 1. The van der Waals surface area contributed by atoms with E-state index in [-0.39, 0.29) is 5.69 Å². The van der Waals surface area contributed by atoms with Gasteiger partial charge in [0, 0.05) is 11.8 Å². The van der Waals surface area contributed by atoms with Crippen LogP contribution >= 0.6 is 11.6 Å². The number of carbonyl (C=O) groups excluding carboxylic acids is 2. The molecule has 1 atom stereocenters. The minimum atomic E-state index is -1.05. The lowest BCUT2D eigenvalue weighted by Crippen LogP contribution is -2.30. The van der Waals surface area contributed by atoms with Crippen LogP contribution in [0.2, 0.25) is 5.02 Å². The topological polar surface area (TPSA) is 94.3 Å². The van der Waals surface area contributed by atoms with E-state index >= 15 is 0 Å². The third-order valence-corrected chi connectivity index (χ3v) is 3.87. The van der Waals surface area contributed by atoms with E-state index in [9.17, 15) is 9.59 Å². The van der Waals surface area contributed by atoms with Gasteiger partial charge in [0.1, 0.15) is 11.6 Å². The Labute approximate surface area is 160 Å². The lowest BCUT2D eigenvalue weighted by Gasteiger charge is -2.12. The fraction of sp³-hybridized carbons (Fsp3) is 0.158. The van der Waals surface area contributed by atoms with E-state index in [2.05, 4.69) is 15.3 Å². The Hall–Kier alpha value is -3.19. The number of pyridine rings is 1. The molecule has 0 saturated heterocycles. The van der Waals surface area contributed by atoms with Gasteiger partial charge >= 0.3 is 5.97 Å². The van der Waals surface area contributed by atoms with Crippen molar-refractivity contribution in [2.45, 2.75) is 20.0 Å². The molecular formula is C19H16ClN3O4. The van der Waals surface area contributed by atoms with Crippen molar-refractivity contribution in [1.82, 2.24) is 9.97 Å². The minimum absolute atomic E-state index is 0.0260. The van der Waals surface area contributed by atoms with Crippen LogP contribution in [0.4, 0.5) is 5.82 Å². The molecule has 138 valence electrons. The van der Waals surface area contributed by atoms with Gasteiger partial charge in [-0.2, -0.15) is 0 Å². The van der Waals surface area contributed by atoms with Crippen LogP contribution in [0.3, 0.4) is 0 Å². The molecule has 0 saturated carbocycles. The van der Waals surface area contributed by atoms with Crippen LogP contribution in [0.15, 0.2) is 53.1 Å². The molecule has 0 unspecified atom stereocenters. The van der Waals surface area contributed by atoms with Crippen LogP contribution in [-0.2, 0) is 9.53 Å². The van der Waals surface area contributed by atoms with E-state index in [1.54, 1.807) is 19.1 Å². The van der Waals surface area contributed by atoms with Crippen molar-refractivity contribution >= 4 is 29.3 Å². The number of nitrogens with one attached hydrogen (secondary N) is 1. The number of rotatable bonds is 5. The maximum absolute atomic E-state index is 12.4. The molecule has 0 aliphatic heterocycles. The largest absolute Gasteiger partial charge is 0.448 e. The predicted octanol–water partition coefficient (Wildman–Crippen LogP) is 3.88. The van der Waals surface area contributed by atoms with Crippen LogP contribution in [0.5, 0.6) is 0 Å². The first-order chi connectivity index (χ1) is 12.9. The van der Waals surface area contributed by atoms with Gasteiger partial charge in [0.2, 0.25) is 5.89 Å². The first-order valence-electron chi connectivity index (χ1n) is 8.10. The highest BCUT2D eigenvalue weighted by Gasteiger charge is 2.24. The minimum Gasteiger partial charge on any atom is -0.448 e. The zero-order valence-electron chi connectivity index (χ0n) is 14.6. The van der Waals surface area contributed by atoms with Gasteiger partial charge in [-0.25, -0.2) is 14.8 Å². The first kappa shape index (κ1) is 18.6. The van der Waals surface area contributed by atoms with Crippen molar-refractivity contribution < 1.29 is 18.7 Å². The van der Waals surface area contributed by atoms with Gasteiger partial charge in [-0.1, -0.05) is 29.8 Å². The Bertz CT molecular complexity index is 955. The number of hydrogen-bond donors (Lipinski definition) is 1. The summed E-state index contributed by atoms with van der Waals surface area (Å²) in [5, 5.41) is 2.99. The fourth-order valence-corrected chi connectivity index (χ4v) is 2.35. The summed E-state index contributed by atoms with van der Waals surface area (Å²) in [5.74, 6) is -0.350. The molecule has 1 amide bonds. The summed E-state index contributed by atoms with van der Waals surface area (Å²) in [4.78, 5) is 32.7. The molecule has 27 heavy (non-hydrogen) atoms. The van der Waals surface area contributed by atoms with Crippen molar-refractivity contribution in [3.63, 3.8) is 0 Å². The highest BCUT2D eigenvalue weighted by Crippen LogP contribution is 2.22. The van der Waals surface area contributed by atoms with Crippen LogP contribution in [0.1, 0.15) is 23.2 Å². The molecule has 0 radical (unpaired) electrons. The normalized spacial score (nSPS) is 11.7. The highest BCUT2D eigenvalue weighted by molar-refractivity contribution is 6.30. The summed E-state index contributed by atoms with van der Waals surface area (Å²) in [7, 11) is 0. The molecule has 0 spiro atoms. The summed E-state index contributed by atoms with van der Waals surface area (Å²) in [6.07, 6.45) is 0.351. The third-order valence-electron chi connectivity index (χ3n) is 3.64. The smallest absolute Gasteiger partial charge is 0.361 e. The molecule has 8 heteroatoms. The number of oxazole rings is 1. The molecule has 3 aromatic rings. The van der Waals surface area contributed by atoms with Gasteiger partial charge in [-0.15, -0.1) is 0 Å². The molecule has 0 fully saturated rings. The van der Waals surface area contributed by atoms with Crippen molar-refractivity contribution in [2.24, 2.45) is 0 Å². The highest BCUT2D eigenvalue weighted by atomic mass is 35.5. The summed E-state index contributed by atoms with van der Waals surface area (Å²) in [6, 6.07) is 12.3. The molecule has 0 aliphatic rings. The summed E-state index contributed by atoms with van der Waals surface area (Å²) in [5.41, 5.74) is 0.761. The first-order valence-corrected chi connectivity index (χ1v) is 8.48. The van der Waals surface area contributed by atoms with E-state index < -0.39 is 18.0 Å². The summed E-state index contributed by atoms with van der Waals surface area (Å²) in [6.45, 7) is 3.06. The van der Waals surface area contributed by atoms with E-state index in [0.29, 0.717) is 22.5 Å². The number of ether oxygens (including phenoxy) is 1. The Morgan fingerprint density at radius 3 is 2.59 bits per heavy atom. The van der Waals surface area contributed by atoms with Crippen LogP contribution in [0.25, 0.3) is 11.5 Å². The molecule has 1 aromatic carbocycles. The second-order valence-corrected chi connectivity index (χ2v) is 6.12. The molecule has 3 rings (SSSR count).